The molecule has 0 aliphatic rings. The first kappa shape index (κ1) is 9.39. The Morgan fingerprint density at radius 2 is 2.07 bits per heavy atom. The molecule has 0 aliphatic heterocycles. The van der Waals surface area contributed by atoms with Crippen LogP contribution in [-0.2, 0) is 0 Å². The first-order valence-corrected chi connectivity index (χ1v) is 4.35. The van der Waals surface area contributed by atoms with Crippen LogP contribution >= 0.6 is 0 Å². The van der Waals surface area contributed by atoms with Gasteiger partial charge in [0.1, 0.15) is 11.7 Å². The Labute approximate surface area is 85.4 Å². The highest BCUT2D eigenvalue weighted by Gasteiger charge is 2.15. The first-order chi connectivity index (χ1) is 7.13. The maximum atomic E-state index is 11.6. The number of carbonyl (C=O) groups is 1. The minimum Gasteiger partial charge on any atom is -0.614 e. The summed E-state index contributed by atoms with van der Waals surface area (Å²) in [5.74, 6) is 0.0568. The van der Waals surface area contributed by atoms with E-state index < -0.39 is 0 Å². The van der Waals surface area contributed by atoms with Crippen LogP contribution in [0.1, 0.15) is 16.2 Å². The standard InChI is InChI=1S/C10H8N2O3/c1-7-11(14)5-9-4-8(6-13)2-3-10(9)12(7)15/h2-6H,1H3. The number of carbonyl (C=O) groups excluding carboxylic acids is 1. The molecule has 0 aliphatic carbocycles. The summed E-state index contributed by atoms with van der Waals surface area (Å²) in [6.45, 7) is 1.44. The van der Waals surface area contributed by atoms with Gasteiger partial charge in [-0.1, -0.05) is 0 Å². The molecule has 2 rings (SSSR count). The van der Waals surface area contributed by atoms with E-state index in [4.69, 9.17) is 0 Å². The highest BCUT2D eigenvalue weighted by molar-refractivity contribution is 5.84. The van der Waals surface area contributed by atoms with Gasteiger partial charge in [-0.15, -0.1) is 9.46 Å². The van der Waals surface area contributed by atoms with E-state index in [0.717, 1.165) is 0 Å². The van der Waals surface area contributed by atoms with Gasteiger partial charge in [-0.3, -0.25) is 4.79 Å². The first-order valence-electron chi connectivity index (χ1n) is 4.35. The molecule has 5 heteroatoms. The second-order valence-electron chi connectivity index (χ2n) is 3.23. The number of aromatic nitrogens is 2. The summed E-state index contributed by atoms with van der Waals surface area (Å²) in [5, 5.41) is 23.3. The molecule has 0 amide bonds. The second-order valence-corrected chi connectivity index (χ2v) is 3.23. The van der Waals surface area contributed by atoms with E-state index in [1.54, 1.807) is 0 Å². The van der Waals surface area contributed by atoms with Gasteiger partial charge in [0.2, 0.25) is 11.7 Å². The summed E-state index contributed by atoms with van der Waals surface area (Å²) in [7, 11) is 0. The van der Waals surface area contributed by atoms with Crippen molar-refractivity contribution in [3.63, 3.8) is 0 Å². The number of nitrogens with zero attached hydrogens (tertiary/aromatic N) is 2. The minimum absolute atomic E-state index is 0.0568. The van der Waals surface area contributed by atoms with Crippen molar-refractivity contribution in [1.29, 1.82) is 0 Å². The van der Waals surface area contributed by atoms with E-state index in [-0.39, 0.29) is 5.82 Å². The monoisotopic (exact) mass is 204 g/mol. The third kappa shape index (κ3) is 1.38. The lowest BCUT2D eigenvalue weighted by Gasteiger charge is -2.04. The lowest BCUT2D eigenvalue weighted by atomic mass is 10.2. The molecule has 0 saturated carbocycles. The van der Waals surface area contributed by atoms with Gasteiger partial charge < -0.3 is 10.4 Å². The Balaban J connectivity index is 2.86. The van der Waals surface area contributed by atoms with E-state index in [2.05, 4.69) is 0 Å². The Morgan fingerprint density at radius 1 is 1.33 bits per heavy atom. The maximum Gasteiger partial charge on any atom is 0.437 e. The molecule has 1 aromatic carbocycles. The van der Waals surface area contributed by atoms with E-state index in [0.29, 0.717) is 32.2 Å². The summed E-state index contributed by atoms with van der Waals surface area (Å²) < 4.78 is 1.04. The van der Waals surface area contributed by atoms with Gasteiger partial charge in [-0.05, 0) is 12.1 Å². The Hall–Kier alpha value is -2.17. The number of benzene rings is 1. The zero-order valence-corrected chi connectivity index (χ0v) is 8.01. The lowest BCUT2D eigenvalue weighted by Crippen LogP contribution is -2.46. The van der Waals surface area contributed by atoms with Crippen LogP contribution in [0.4, 0.5) is 0 Å². The van der Waals surface area contributed by atoms with Crippen molar-refractivity contribution < 1.29 is 14.3 Å². The molecular weight excluding hydrogens is 196 g/mol. The summed E-state index contributed by atoms with van der Waals surface area (Å²) in [6, 6.07) is 4.57. The topological polar surface area (TPSA) is 71.0 Å². The van der Waals surface area contributed by atoms with Crippen molar-refractivity contribution in [3.8, 4) is 0 Å². The van der Waals surface area contributed by atoms with Crippen molar-refractivity contribution in [3.05, 3.63) is 46.2 Å². The van der Waals surface area contributed by atoms with Gasteiger partial charge in [0.15, 0.2) is 0 Å². The second kappa shape index (κ2) is 3.20. The molecule has 0 fully saturated rings. The molecule has 0 atom stereocenters. The quantitative estimate of drug-likeness (QED) is 0.379. The van der Waals surface area contributed by atoms with E-state index in [1.165, 1.54) is 31.3 Å². The van der Waals surface area contributed by atoms with Gasteiger partial charge in [0.05, 0.1) is 6.92 Å². The fourth-order valence-electron chi connectivity index (χ4n) is 1.42. The molecular formula is C10H8N2O3. The average molecular weight is 204 g/mol. The normalized spacial score (nSPS) is 10.5. The number of hydrogen-bond donors (Lipinski definition) is 0. The predicted molar refractivity (Wildman–Crippen MR) is 52.0 cm³/mol. The van der Waals surface area contributed by atoms with Gasteiger partial charge in [0, 0.05) is 11.6 Å². The molecule has 76 valence electrons. The van der Waals surface area contributed by atoms with E-state index in [9.17, 15) is 15.2 Å². The zero-order valence-electron chi connectivity index (χ0n) is 8.01. The van der Waals surface area contributed by atoms with Crippen LogP contribution in [0.2, 0.25) is 0 Å². The van der Waals surface area contributed by atoms with Crippen molar-refractivity contribution >= 4 is 17.2 Å². The van der Waals surface area contributed by atoms with E-state index >= 15 is 0 Å². The zero-order chi connectivity index (χ0) is 11.0. The van der Waals surface area contributed by atoms with Crippen LogP contribution < -0.4 is 9.46 Å². The molecule has 1 aromatic heterocycles. The SMILES string of the molecule is Cc1[n+]([O-])cc2cc(C=O)ccc2[n+]1[O-]. The average Bonchev–Trinajstić information content (AvgIpc) is 2.25. The molecule has 0 bridgehead atoms. The van der Waals surface area contributed by atoms with Crippen LogP contribution in [0.15, 0.2) is 24.4 Å². The number of rotatable bonds is 1. The van der Waals surface area contributed by atoms with Crippen molar-refractivity contribution in [2.45, 2.75) is 6.92 Å². The van der Waals surface area contributed by atoms with Gasteiger partial charge in [-0.25, -0.2) is 0 Å². The molecule has 0 radical (unpaired) electrons. The predicted octanol–water partition coefficient (Wildman–Crippen LogP) is 0.228. The molecule has 5 nitrogen and oxygen atoms in total. The van der Waals surface area contributed by atoms with Crippen LogP contribution in [0.3, 0.4) is 0 Å². The maximum absolute atomic E-state index is 11.6. The van der Waals surface area contributed by atoms with Gasteiger partial charge >= 0.3 is 5.82 Å². The van der Waals surface area contributed by atoms with Gasteiger partial charge in [0.25, 0.3) is 0 Å². The number of fused-ring (bicyclic) bond motifs is 1. The molecule has 0 spiro atoms. The van der Waals surface area contributed by atoms with Crippen LogP contribution in [0, 0.1) is 17.3 Å². The third-order valence-corrected chi connectivity index (χ3v) is 2.28. The van der Waals surface area contributed by atoms with Crippen molar-refractivity contribution in [1.82, 2.24) is 0 Å². The minimum atomic E-state index is 0.0568. The molecule has 1 heterocycles. The van der Waals surface area contributed by atoms with Crippen LogP contribution in [-0.4, -0.2) is 6.29 Å². The van der Waals surface area contributed by atoms with Crippen molar-refractivity contribution in [2.24, 2.45) is 0 Å². The highest BCUT2D eigenvalue weighted by atomic mass is 16.5. The number of hydrogen-bond acceptors (Lipinski definition) is 3. The van der Waals surface area contributed by atoms with Crippen LogP contribution in [0.5, 0.6) is 0 Å². The molecule has 0 saturated heterocycles. The summed E-state index contributed by atoms with van der Waals surface area (Å²) >= 11 is 0. The summed E-state index contributed by atoms with van der Waals surface area (Å²) in [5.41, 5.74) is 0.816. The Morgan fingerprint density at radius 3 is 2.73 bits per heavy atom. The molecule has 0 N–H and O–H groups in total. The largest absolute Gasteiger partial charge is 0.614 e. The van der Waals surface area contributed by atoms with Gasteiger partial charge in [-0.2, -0.15) is 0 Å². The molecule has 15 heavy (non-hydrogen) atoms. The summed E-state index contributed by atoms with van der Waals surface area (Å²) in [4.78, 5) is 10.5. The lowest BCUT2D eigenvalue weighted by molar-refractivity contribution is -0.741. The Bertz CT molecular complexity index is 552. The van der Waals surface area contributed by atoms with Crippen molar-refractivity contribution in [2.75, 3.05) is 0 Å². The Kier molecular flexibility index (Phi) is 2.00. The summed E-state index contributed by atoms with van der Waals surface area (Å²) in [6.07, 6.45) is 1.95. The third-order valence-electron chi connectivity index (χ3n) is 2.28. The molecule has 2 aromatic rings. The molecule has 0 unspecified atom stereocenters. The number of aldehydes is 1. The fourth-order valence-corrected chi connectivity index (χ4v) is 1.42. The fraction of sp³-hybridized carbons (Fsp3) is 0.100. The smallest absolute Gasteiger partial charge is 0.437 e. The highest BCUT2D eigenvalue weighted by Crippen LogP contribution is 2.09. The van der Waals surface area contributed by atoms with E-state index in [1.807, 2.05) is 0 Å². The van der Waals surface area contributed by atoms with Crippen LogP contribution in [0.25, 0.3) is 10.9 Å².